The number of fused-ring (bicyclic) bond motifs is 1. The normalized spacial score (nSPS) is 15.0. The van der Waals surface area contributed by atoms with Crippen LogP contribution in [-0.4, -0.2) is 14.8 Å². The molecule has 1 aliphatic heterocycles. The van der Waals surface area contributed by atoms with Gasteiger partial charge in [-0.2, -0.15) is 0 Å². The van der Waals surface area contributed by atoms with E-state index in [1.807, 2.05) is 6.07 Å². The van der Waals surface area contributed by atoms with Gasteiger partial charge in [0, 0.05) is 18.7 Å². The number of halogens is 1. The topological polar surface area (TPSA) is 30.7 Å². The monoisotopic (exact) mass is 277 g/mol. The van der Waals surface area contributed by atoms with Gasteiger partial charge in [-0.3, -0.25) is 0 Å². The zero-order valence-electron chi connectivity index (χ0n) is 10.7. The van der Waals surface area contributed by atoms with Gasteiger partial charge in [-0.15, -0.1) is 10.2 Å². The molecule has 0 unspecified atom stereocenters. The maximum atomic E-state index is 13.1. The number of aryl methyl sites for hydroxylation is 1. The molecule has 1 aromatic heterocycles. The highest BCUT2D eigenvalue weighted by atomic mass is 32.2. The van der Waals surface area contributed by atoms with Gasteiger partial charge in [0.15, 0.2) is 5.16 Å². The fraction of sp³-hybridized carbons (Fsp3) is 0.429. The summed E-state index contributed by atoms with van der Waals surface area (Å²) < 4.78 is 15.3. The molecule has 1 aliphatic rings. The molecule has 2 heterocycles. The summed E-state index contributed by atoms with van der Waals surface area (Å²) in [5.74, 6) is 1.65. The highest BCUT2D eigenvalue weighted by Gasteiger charge is 2.14. The molecule has 1 aromatic carbocycles. The molecule has 0 amide bonds. The quantitative estimate of drug-likeness (QED) is 0.805. The molecule has 0 saturated heterocycles. The molecule has 0 radical (unpaired) electrons. The number of rotatable bonds is 3. The molecule has 0 atom stereocenters. The number of benzene rings is 1. The molecule has 2 aromatic rings. The number of hydrogen-bond donors (Lipinski definition) is 0. The van der Waals surface area contributed by atoms with Crippen LogP contribution in [0.25, 0.3) is 0 Å². The van der Waals surface area contributed by atoms with Crippen LogP contribution in [0.3, 0.4) is 0 Å². The third-order valence-electron chi connectivity index (χ3n) is 3.33. The van der Waals surface area contributed by atoms with Crippen molar-refractivity contribution >= 4 is 11.8 Å². The molecule has 0 bridgehead atoms. The van der Waals surface area contributed by atoms with Crippen LogP contribution < -0.4 is 0 Å². The lowest BCUT2D eigenvalue weighted by molar-refractivity contribution is 0.591. The number of aromatic nitrogens is 3. The number of nitrogens with zero attached hydrogens (tertiary/aromatic N) is 3. The Balaban J connectivity index is 1.72. The Morgan fingerprint density at radius 2 is 2.16 bits per heavy atom. The zero-order valence-corrected chi connectivity index (χ0v) is 11.5. The van der Waals surface area contributed by atoms with Gasteiger partial charge in [0.25, 0.3) is 0 Å². The summed E-state index contributed by atoms with van der Waals surface area (Å²) >= 11 is 1.64. The van der Waals surface area contributed by atoms with Crippen molar-refractivity contribution in [3.05, 3.63) is 41.5 Å². The summed E-state index contributed by atoms with van der Waals surface area (Å²) in [4.78, 5) is 0. The van der Waals surface area contributed by atoms with Gasteiger partial charge in [-0.1, -0.05) is 30.3 Å². The summed E-state index contributed by atoms with van der Waals surface area (Å²) in [5.41, 5.74) is 0.982. The fourth-order valence-corrected chi connectivity index (χ4v) is 3.27. The van der Waals surface area contributed by atoms with Crippen LogP contribution >= 0.6 is 11.8 Å². The molecule has 3 nitrogen and oxygen atoms in total. The van der Waals surface area contributed by atoms with Crippen molar-refractivity contribution in [2.75, 3.05) is 0 Å². The zero-order chi connectivity index (χ0) is 13.1. The van der Waals surface area contributed by atoms with E-state index in [2.05, 4.69) is 14.8 Å². The predicted molar refractivity (Wildman–Crippen MR) is 73.5 cm³/mol. The predicted octanol–water partition coefficient (Wildman–Crippen LogP) is 3.44. The Bertz CT molecular complexity index is 568. The number of thioether (sulfide) groups is 1. The molecule has 0 N–H and O–H groups in total. The van der Waals surface area contributed by atoms with E-state index in [0.717, 1.165) is 35.3 Å². The molecule has 5 heteroatoms. The summed E-state index contributed by atoms with van der Waals surface area (Å²) in [7, 11) is 0. The van der Waals surface area contributed by atoms with Crippen LogP contribution in [0.15, 0.2) is 29.4 Å². The Hall–Kier alpha value is -1.36. The van der Waals surface area contributed by atoms with Crippen LogP contribution in [0.2, 0.25) is 0 Å². The maximum Gasteiger partial charge on any atom is 0.191 e. The molecule has 0 fully saturated rings. The molecule has 0 aliphatic carbocycles. The van der Waals surface area contributed by atoms with Gasteiger partial charge < -0.3 is 4.57 Å². The Morgan fingerprint density at radius 3 is 3.05 bits per heavy atom. The Morgan fingerprint density at radius 1 is 1.21 bits per heavy atom. The maximum absolute atomic E-state index is 13.1. The summed E-state index contributed by atoms with van der Waals surface area (Å²) in [6.45, 7) is 1.01. The van der Waals surface area contributed by atoms with E-state index in [1.54, 1.807) is 23.9 Å². The van der Waals surface area contributed by atoms with Gasteiger partial charge in [-0.05, 0) is 30.5 Å². The van der Waals surface area contributed by atoms with Crippen molar-refractivity contribution in [1.82, 2.24) is 14.8 Å². The van der Waals surface area contributed by atoms with Crippen LogP contribution in [0.1, 0.15) is 30.7 Å². The first kappa shape index (κ1) is 12.7. The lowest BCUT2D eigenvalue weighted by Gasteiger charge is -2.06. The smallest absolute Gasteiger partial charge is 0.191 e. The highest BCUT2D eigenvalue weighted by Crippen LogP contribution is 2.24. The second-order valence-corrected chi connectivity index (χ2v) is 5.72. The van der Waals surface area contributed by atoms with Crippen molar-refractivity contribution in [2.45, 2.75) is 43.1 Å². The van der Waals surface area contributed by atoms with Crippen molar-refractivity contribution in [1.29, 1.82) is 0 Å². The highest BCUT2D eigenvalue weighted by molar-refractivity contribution is 7.98. The summed E-state index contributed by atoms with van der Waals surface area (Å²) in [6, 6.07) is 6.73. The van der Waals surface area contributed by atoms with Crippen LogP contribution in [0.4, 0.5) is 4.39 Å². The lowest BCUT2D eigenvalue weighted by Crippen LogP contribution is -2.02. The van der Waals surface area contributed by atoms with Crippen molar-refractivity contribution < 1.29 is 4.39 Å². The molecule has 0 spiro atoms. The Kier molecular flexibility index (Phi) is 3.82. The second kappa shape index (κ2) is 5.74. The molecular formula is C14H16FN3S. The second-order valence-electron chi connectivity index (χ2n) is 4.78. The minimum Gasteiger partial charge on any atom is -0.306 e. The fourth-order valence-electron chi connectivity index (χ4n) is 2.34. The number of hydrogen-bond acceptors (Lipinski definition) is 3. The Labute approximate surface area is 116 Å². The van der Waals surface area contributed by atoms with E-state index in [-0.39, 0.29) is 5.82 Å². The van der Waals surface area contributed by atoms with Crippen LogP contribution in [0.5, 0.6) is 0 Å². The van der Waals surface area contributed by atoms with Gasteiger partial charge >= 0.3 is 0 Å². The van der Waals surface area contributed by atoms with Crippen LogP contribution in [0, 0.1) is 5.82 Å². The third-order valence-corrected chi connectivity index (χ3v) is 4.37. The standard InChI is InChI=1S/C14H16FN3S/c15-12-6-4-5-11(9-12)10-19-14-17-16-13-7-2-1-3-8-18(13)14/h4-6,9H,1-3,7-8,10H2. The van der Waals surface area contributed by atoms with Crippen molar-refractivity contribution in [3.63, 3.8) is 0 Å². The summed E-state index contributed by atoms with van der Waals surface area (Å²) in [6.07, 6.45) is 4.68. The van der Waals surface area contributed by atoms with E-state index < -0.39 is 0 Å². The minimum atomic E-state index is -0.182. The van der Waals surface area contributed by atoms with Gasteiger partial charge in [0.05, 0.1) is 0 Å². The van der Waals surface area contributed by atoms with E-state index in [0.29, 0.717) is 0 Å². The van der Waals surface area contributed by atoms with Gasteiger partial charge in [0.2, 0.25) is 0 Å². The first-order valence-corrected chi connectivity index (χ1v) is 7.61. The molecule has 0 saturated carbocycles. The van der Waals surface area contributed by atoms with Crippen molar-refractivity contribution in [2.24, 2.45) is 0 Å². The SMILES string of the molecule is Fc1cccc(CSc2nnc3n2CCCCC3)c1. The third kappa shape index (κ3) is 2.97. The van der Waals surface area contributed by atoms with E-state index in [4.69, 9.17) is 0 Å². The van der Waals surface area contributed by atoms with E-state index in [1.165, 1.54) is 25.3 Å². The first-order valence-electron chi connectivity index (χ1n) is 6.62. The largest absolute Gasteiger partial charge is 0.306 e. The molecular weight excluding hydrogens is 261 g/mol. The van der Waals surface area contributed by atoms with Gasteiger partial charge in [0.1, 0.15) is 11.6 Å². The molecule has 19 heavy (non-hydrogen) atoms. The first-order chi connectivity index (χ1) is 9.33. The molecule has 100 valence electrons. The van der Waals surface area contributed by atoms with Crippen molar-refractivity contribution in [3.8, 4) is 0 Å². The average molecular weight is 277 g/mol. The molecule has 3 rings (SSSR count). The lowest BCUT2D eigenvalue weighted by atomic mass is 10.2. The van der Waals surface area contributed by atoms with Gasteiger partial charge in [-0.25, -0.2) is 4.39 Å². The van der Waals surface area contributed by atoms with E-state index in [9.17, 15) is 4.39 Å². The summed E-state index contributed by atoms with van der Waals surface area (Å²) in [5, 5.41) is 9.48. The minimum absolute atomic E-state index is 0.182. The van der Waals surface area contributed by atoms with Crippen LogP contribution in [-0.2, 0) is 18.7 Å². The average Bonchev–Trinajstić information content (AvgIpc) is 2.64. The van der Waals surface area contributed by atoms with E-state index >= 15 is 0 Å².